The molecular weight excluding hydrogens is 191 g/mol. The second-order valence-corrected chi connectivity index (χ2v) is 3.79. The van der Waals surface area contributed by atoms with Crippen LogP contribution in [0.1, 0.15) is 11.8 Å². The molecule has 0 saturated carbocycles. The Morgan fingerprint density at radius 2 is 2.27 bits per heavy atom. The third-order valence-electron chi connectivity index (χ3n) is 2.90. The van der Waals surface area contributed by atoms with E-state index in [9.17, 15) is 10.0 Å². The van der Waals surface area contributed by atoms with Gasteiger partial charge in [0.05, 0.1) is 0 Å². The van der Waals surface area contributed by atoms with Crippen molar-refractivity contribution >= 4 is 13.2 Å². The zero-order valence-electron chi connectivity index (χ0n) is 8.11. The highest BCUT2D eigenvalue weighted by Gasteiger charge is 2.36. The lowest BCUT2D eigenvalue weighted by Gasteiger charge is -2.35. The van der Waals surface area contributed by atoms with Crippen molar-refractivity contribution in [1.29, 1.82) is 0 Å². The Balaban J connectivity index is 2.13. The quantitative estimate of drug-likeness (QED) is 0.640. The fourth-order valence-corrected chi connectivity index (χ4v) is 2.26. The molecule has 1 aromatic heterocycles. The highest BCUT2D eigenvalue weighted by atomic mass is 16.4. The zero-order chi connectivity index (χ0) is 10.4. The molecule has 0 spiro atoms. The minimum Gasteiger partial charge on any atom is -0.425 e. The van der Waals surface area contributed by atoms with E-state index in [0.29, 0.717) is 0 Å². The topological polar surface area (TPSA) is 48.6 Å². The van der Waals surface area contributed by atoms with Gasteiger partial charge < -0.3 is 19.5 Å². The first-order chi connectivity index (χ1) is 7.27. The van der Waals surface area contributed by atoms with Crippen molar-refractivity contribution in [2.45, 2.75) is 6.07 Å². The molecule has 76 valence electrons. The van der Waals surface area contributed by atoms with Gasteiger partial charge in [-0.3, -0.25) is 0 Å². The predicted octanol–water partition coefficient (Wildman–Crippen LogP) is 0.225. The van der Waals surface area contributed by atoms with Crippen LogP contribution < -0.4 is 0 Å². The van der Waals surface area contributed by atoms with E-state index in [1.165, 1.54) is 0 Å². The van der Waals surface area contributed by atoms with Crippen molar-refractivity contribution in [1.82, 2.24) is 9.47 Å². The number of rotatable bonds is 1. The van der Waals surface area contributed by atoms with Gasteiger partial charge in [-0.15, -0.1) is 0 Å². The average Bonchev–Trinajstić information content (AvgIpc) is 2.79. The number of hydrogen-bond donors (Lipinski definition) is 2. The lowest BCUT2D eigenvalue weighted by atomic mass is 9.83. The largest absolute Gasteiger partial charge is 0.497 e. The van der Waals surface area contributed by atoms with E-state index in [1.807, 2.05) is 46.0 Å². The first-order valence-electron chi connectivity index (χ1n) is 4.95. The summed E-state index contributed by atoms with van der Waals surface area (Å²) < 4.78 is 1.88. The fraction of sp³-hybridized carbons (Fsp3) is 0.200. The molecular formula is C10H11BN2O2. The molecule has 15 heavy (non-hydrogen) atoms. The molecule has 0 radical (unpaired) electrons. The van der Waals surface area contributed by atoms with Crippen molar-refractivity contribution in [2.75, 3.05) is 6.54 Å². The minimum absolute atomic E-state index is 0.412. The Morgan fingerprint density at radius 1 is 1.40 bits per heavy atom. The number of nitrogens with zero attached hydrogens (tertiary/aromatic N) is 2. The molecule has 0 aliphatic carbocycles. The molecule has 2 aliphatic rings. The van der Waals surface area contributed by atoms with Crippen molar-refractivity contribution < 1.29 is 10.0 Å². The molecule has 4 nitrogen and oxygen atoms in total. The van der Waals surface area contributed by atoms with E-state index in [4.69, 9.17) is 0 Å². The summed E-state index contributed by atoms with van der Waals surface area (Å²) >= 11 is 0. The summed E-state index contributed by atoms with van der Waals surface area (Å²) in [5.41, 5.74) is 2.05. The van der Waals surface area contributed by atoms with E-state index in [-0.39, 0.29) is 0 Å². The maximum atomic E-state index is 9.43. The second kappa shape index (κ2) is 3.02. The maximum absolute atomic E-state index is 9.43. The highest BCUT2D eigenvalue weighted by Crippen LogP contribution is 2.32. The Bertz CT molecular complexity index is 450. The predicted molar refractivity (Wildman–Crippen MR) is 57.5 cm³/mol. The molecule has 0 aromatic carbocycles. The van der Waals surface area contributed by atoms with Crippen LogP contribution in [0.4, 0.5) is 0 Å². The van der Waals surface area contributed by atoms with Crippen molar-refractivity contribution in [2.24, 2.45) is 0 Å². The first-order valence-corrected chi connectivity index (χ1v) is 4.95. The Hall–Kier alpha value is -1.46. The monoisotopic (exact) mass is 202 g/mol. The van der Waals surface area contributed by atoms with Crippen LogP contribution in [0.15, 0.2) is 36.2 Å². The number of hydrogen-bond acceptors (Lipinski definition) is 3. The first kappa shape index (κ1) is 8.82. The van der Waals surface area contributed by atoms with Crippen LogP contribution in [0.3, 0.4) is 0 Å². The Labute approximate surface area is 87.9 Å². The van der Waals surface area contributed by atoms with E-state index in [1.54, 1.807) is 0 Å². The van der Waals surface area contributed by atoms with Crippen LogP contribution in [-0.4, -0.2) is 33.2 Å². The summed E-state index contributed by atoms with van der Waals surface area (Å²) in [5.74, 6) is 0. The van der Waals surface area contributed by atoms with Crippen LogP contribution in [0.2, 0.25) is 0 Å². The molecule has 1 atom stereocenters. The summed E-state index contributed by atoms with van der Waals surface area (Å²) in [5, 5.41) is 18.9. The summed E-state index contributed by atoms with van der Waals surface area (Å²) in [6.07, 6.45) is 7.94. The Kier molecular flexibility index (Phi) is 1.77. The lowest BCUT2D eigenvalue weighted by molar-refractivity contribution is 0.228. The smallest absolute Gasteiger partial charge is 0.425 e. The summed E-state index contributed by atoms with van der Waals surface area (Å²) in [6.45, 7) is 0.728. The molecule has 0 fully saturated rings. The van der Waals surface area contributed by atoms with Gasteiger partial charge in [-0.1, -0.05) is 6.08 Å². The van der Waals surface area contributed by atoms with E-state index >= 15 is 0 Å². The maximum Gasteiger partial charge on any atom is 0.497 e. The molecule has 0 bridgehead atoms. The van der Waals surface area contributed by atoms with E-state index < -0.39 is 13.2 Å². The van der Waals surface area contributed by atoms with E-state index in [0.717, 1.165) is 17.9 Å². The van der Waals surface area contributed by atoms with Crippen LogP contribution >= 0.6 is 0 Å². The van der Waals surface area contributed by atoms with Crippen LogP contribution in [0.25, 0.3) is 6.08 Å². The van der Waals surface area contributed by atoms with Crippen molar-refractivity contribution in [3.8, 4) is 0 Å². The number of allylic oxidation sites excluding steroid dienone is 1. The average molecular weight is 202 g/mol. The second-order valence-electron chi connectivity index (χ2n) is 3.79. The molecule has 3 rings (SSSR count). The number of fused-ring (bicyclic) bond motifs is 2. The van der Waals surface area contributed by atoms with Gasteiger partial charge in [-0.2, -0.15) is 0 Å². The minimum atomic E-state index is -1.38. The van der Waals surface area contributed by atoms with Crippen molar-refractivity contribution in [3.05, 3.63) is 41.9 Å². The fourth-order valence-electron chi connectivity index (χ4n) is 2.26. The van der Waals surface area contributed by atoms with Gasteiger partial charge >= 0.3 is 7.12 Å². The van der Waals surface area contributed by atoms with Gasteiger partial charge in [0, 0.05) is 24.1 Å². The zero-order valence-corrected chi connectivity index (χ0v) is 8.11. The molecule has 1 aromatic rings. The highest BCUT2D eigenvalue weighted by molar-refractivity contribution is 6.42. The molecule has 2 aliphatic heterocycles. The third-order valence-corrected chi connectivity index (χ3v) is 2.90. The van der Waals surface area contributed by atoms with Crippen molar-refractivity contribution in [3.63, 3.8) is 0 Å². The third kappa shape index (κ3) is 1.17. The van der Waals surface area contributed by atoms with Crippen LogP contribution in [-0.2, 0) is 0 Å². The van der Waals surface area contributed by atoms with Gasteiger partial charge in [-0.25, -0.2) is 0 Å². The van der Waals surface area contributed by atoms with Gasteiger partial charge in [0.1, 0.15) is 6.07 Å². The van der Waals surface area contributed by atoms with Crippen LogP contribution in [0.5, 0.6) is 0 Å². The normalized spacial score (nSPS) is 22.4. The number of aromatic nitrogens is 1. The molecule has 0 saturated heterocycles. The molecule has 2 N–H and O–H groups in total. The molecule has 3 heterocycles. The lowest BCUT2D eigenvalue weighted by Crippen LogP contribution is -2.43. The van der Waals surface area contributed by atoms with E-state index in [2.05, 4.69) is 0 Å². The standard InChI is InChI=1S/C10H11BN2O2/c14-11(15)10-12-5-1-3-8(12)7-9-4-2-6-13(9)10/h1-5,7,10,14-15H,6H2. The molecule has 5 heteroatoms. The van der Waals surface area contributed by atoms with Gasteiger partial charge in [-0.05, 0) is 24.3 Å². The summed E-state index contributed by atoms with van der Waals surface area (Å²) in [7, 11) is -1.38. The summed E-state index contributed by atoms with van der Waals surface area (Å²) in [6, 6.07) is 3.46. The Morgan fingerprint density at radius 3 is 3.07 bits per heavy atom. The van der Waals surface area contributed by atoms with Gasteiger partial charge in [0.25, 0.3) is 0 Å². The summed E-state index contributed by atoms with van der Waals surface area (Å²) in [4.78, 5) is 1.97. The molecule has 1 unspecified atom stereocenters. The van der Waals surface area contributed by atoms with Crippen LogP contribution in [0, 0.1) is 0 Å². The molecule has 0 amide bonds. The SMILES string of the molecule is OB(O)C1N2CC=CC2=Cc2cccn21. The van der Waals surface area contributed by atoms with Gasteiger partial charge in [0.15, 0.2) is 0 Å². The van der Waals surface area contributed by atoms with Gasteiger partial charge in [0.2, 0.25) is 0 Å².